The average Bonchev–Trinajstić information content (AvgIpc) is 1.85. The number of rotatable bonds is 1. The van der Waals surface area contributed by atoms with E-state index in [2.05, 4.69) is 20.9 Å². The Labute approximate surface area is 76.7 Å². The third-order valence-corrected chi connectivity index (χ3v) is 1.90. The van der Waals surface area contributed by atoms with Gasteiger partial charge < -0.3 is 5.73 Å². The van der Waals surface area contributed by atoms with Crippen molar-refractivity contribution in [3.05, 3.63) is 27.5 Å². The van der Waals surface area contributed by atoms with Crippen LogP contribution < -0.4 is 5.73 Å². The van der Waals surface area contributed by atoms with Crippen molar-refractivity contribution in [2.75, 3.05) is 0 Å². The summed E-state index contributed by atoms with van der Waals surface area (Å²) in [4.78, 5) is 14.4. The highest BCUT2D eigenvalue weighted by Gasteiger charge is 2.06. The molecule has 2 N–H and O–H groups in total. The van der Waals surface area contributed by atoms with Crippen LogP contribution in [-0.4, -0.2) is 10.9 Å². The molecule has 0 bridgehead atoms. The van der Waals surface area contributed by atoms with Crippen molar-refractivity contribution in [2.45, 2.75) is 0 Å². The van der Waals surface area contributed by atoms with Crippen LogP contribution in [0.5, 0.6) is 0 Å². The van der Waals surface area contributed by atoms with Gasteiger partial charge in [0, 0.05) is 0 Å². The lowest BCUT2D eigenvalue weighted by Gasteiger charge is -1.97. The molecule has 1 heterocycles. The van der Waals surface area contributed by atoms with Crippen molar-refractivity contribution < 1.29 is 4.79 Å². The number of hydrogen-bond donors (Lipinski definition) is 1. The third-order valence-electron chi connectivity index (χ3n) is 1.08. The predicted molar refractivity (Wildman–Crippen MR) is 45.5 cm³/mol. The minimum absolute atomic E-state index is 0.321. The molecule has 58 valence electrons. The maximum Gasteiger partial charge on any atom is 0.251 e. The van der Waals surface area contributed by atoms with Gasteiger partial charge in [0.05, 0.1) is 5.56 Å². The zero-order valence-electron chi connectivity index (χ0n) is 5.34. The van der Waals surface area contributed by atoms with Crippen molar-refractivity contribution >= 4 is 33.4 Å². The second-order valence-electron chi connectivity index (χ2n) is 1.84. The molecule has 0 aromatic carbocycles. The van der Waals surface area contributed by atoms with Gasteiger partial charge in [0.15, 0.2) is 0 Å². The molecule has 0 aliphatic rings. The summed E-state index contributed by atoms with van der Waals surface area (Å²) in [6.07, 6.45) is 0. The van der Waals surface area contributed by atoms with Gasteiger partial charge in [0.25, 0.3) is 5.91 Å². The van der Waals surface area contributed by atoms with E-state index in [-0.39, 0.29) is 0 Å². The highest BCUT2D eigenvalue weighted by atomic mass is 79.9. The highest BCUT2D eigenvalue weighted by molar-refractivity contribution is 9.10. The molecule has 1 rings (SSSR count). The molecule has 0 saturated heterocycles. The first-order valence-electron chi connectivity index (χ1n) is 2.73. The van der Waals surface area contributed by atoms with Crippen LogP contribution in [0.25, 0.3) is 0 Å². The van der Waals surface area contributed by atoms with E-state index in [1.54, 1.807) is 0 Å². The van der Waals surface area contributed by atoms with Crippen molar-refractivity contribution in [1.82, 2.24) is 4.98 Å². The van der Waals surface area contributed by atoms with Crippen LogP contribution in [0.3, 0.4) is 0 Å². The van der Waals surface area contributed by atoms with Crippen LogP contribution in [0.1, 0.15) is 10.4 Å². The fourth-order valence-corrected chi connectivity index (χ4v) is 1.36. The summed E-state index contributed by atoms with van der Waals surface area (Å²) in [5.41, 5.74) is 5.34. The Morgan fingerprint density at radius 1 is 1.64 bits per heavy atom. The number of carbonyl (C=O) groups is 1. The first-order chi connectivity index (χ1) is 5.11. The van der Waals surface area contributed by atoms with E-state index >= 15 is 0 Å². The van der Waals surface area contributed by atoms with Gasteiger partial charge >= 0.3 is 0 Å². The molecule has 0 aliphatic carbocycles. The summed E-state index contributed by atoms with van der Waals surface area (Å²) in [5, 5.41) is 0.321. The topological polar surface area (TPSA) is 56.0 Å². The Bertz CT molecular complexity index is 303. The van der Waals surface area contributed by atoms with Crippen LogP contribution in [-0.2, 0) is 0 Å². The number of carbonyl (C=O) groups excluding carboxylic acids is 1. The second kappa shape index (κ2) is 3.19. The molecule has 0 unspecified atom stereocenters. The molecule has 0 aliphatic heterocycles. The molecule has 3 nitrogen and oxygen atoms in total. The summed E-state index contributed by atoms with van der Waals surface area (Å²) in [6, 6.07) is 3.02. The molecule has 1 aromatic heterocycles. The normalized spacial score (nSPS) is 9.64. The van der Waals surface area contributed by atoms with Gasteiger partial charge in [-0.1, -0.05) is 11.6 Å². The standard InChI is InChI=1S/C6H4BrClN2O/c7-5-3(6(9)11)1-2-4(8)10-5/h1-2H,(H2,9,11). The molecule has 1 amide bonds. The second-order valence-corrected chi connectivity index (χ2v) is 2.97. The lowest BCUT2D eigenvalue weighted by molar-refractivity contribution is 0.0999. The Morgan fingerprint density at radius 2 is 2.27 bits per heavy atom. The van der Waals surface area contributed by atoms with E-state index in [4.69, 9.17) is 17.3 Å². The van der Waals surface area contributed by atoms with E-state index in [0.29, 0.717) is 15.3 Å². The molecule has 5 heteroatoms. The SMILES string of the molecule is NC(=O)c1ccc(Cl)nc1Br. The Morgan fingerprint density at radius 3 is 2.73 bits per heavy atom. The highest BCUT2D eigenvalue weighted by Crippen LogP contribution is 2.16. The van der Waals surface area contributed by atoms with Crippen LogP contribution in [0.2, 0.25) is 5.15 Å². The fourth-order valence-electron chi connectivity index (χ4n) is 0.596. The lowest BCUT2D eigenvalue weighted by atomic mass is 10.3. The molecule has 0 spiro atoms. The first-order valence-corrected chi connectivity index (χ1v) is 3.90. The van der Waals surface area contributed by atoms with E-state index in [1.165, 1.54) is 12.1 Å². The third kappa shape index (κ3) is 1.91. The van der Waals surface area contributed by atoms with E-state index in [0.717, 1.165) is 0 Å². The van der Waals surface area contributed by atoms with Gasteiger partial charge in [0.1, 0.15) is 9.76 Å². The summed E-state index contributed by atoms with van der Waals surface area (Å²) >= 11 is 8.58. The number of aromatic nitrogens is 1. The smallest absolute Gasteiger partial charge is 0.251 e. The average molecular weight is 235 g/mol. The van der Waals surface area contributed by atoms with E-state index in [9.17, 15) is 4.79 Å². The van der Waals surface area contributed by atoms with Gasteiger partial charge in [-0.05, 0) is 28.1 Å². The van der Waals surface area contributed by atoms with Gasteiger partial charge in [-0.2, -0.15) is 0 Å². The molecule has 0 radical (unpaired) electrons. The summed E-state index contributed by atoms with van der Waals surface area (Å²) in [6.45, 7) is 0. The lowest BCUT2D eigenvalue weighted by Crippen LogP contribution is -2.12. The zero-order valence-corrected chi connectivity index (χ0v) is 7.69. The van der Waals surface area contributed by atoms with Crippen LogP contribution >= 0.6 is 27.5 Å². The van der Waals surface area contributed by atoms with Crippen molar-refractivity contribution in [3.8, 4) is 0 Å². The minimum atomic E-state index is -0.527. The van der Waals surface area contributed by atoms with Crippen LogP contribution in [0, 0.1) is 0 Å². The summed E-state index contributed by atoms with van der Waals surface area (Å²) in [7, 11) is 0. The number of primary amides is 1. The maximum atomic E-state index is 10.6. The number of nitrogens with zero attached hydrogens (tertiary/aromatic N) is 1. The monoisotopic (exact) mass is 234 g/mol. The van der Waals surface area contributed by atoms with Crippen LogP contribution in [0.4, 0.5) is 0 Å². The number of hydrogen-bond acceptors (Lipinski definition) is 2. The van der Waals surface area contributed by atoms with E-state index in [1.807, 2.05) is 0 Å². The Kier molecular flexibility index (Phi) is 2.46. The fraction of sp³-hybridized carbons (Fsp3) is 0. The Balaban J connectivity index is 3.20. The summed E-state index contributed by atoms with van der Waals surface area (Å²) in [5.74, 6) is -0.527. The van der Waals surface area contributed by atoms with Gasteiger partial charge in [-0.25, -0.2) is 4.98 Å². The number of nitrogens with two attached hydrogens (primary N) is 1. The predicted octanol–water partition coefficient (Wildman–Crippen LogP) is 1.60. The number of halogens is 2. The number of pyridine rings is 1. The van der Waals surface area contributed by atoms with Crippen molar-refractivity contribution in [1.29, 1.82) is 0 Å². The molecular weight excluding hydrogens is 231 g/mol. The van der Waals surface area contributed by atoms with E-state index < -0.39 is 5.91 Å². The molecule has 0 saturated carbocycles. The van der Waals surface area contributed by atoms with Crippen molar-refractivity contribution in [2.24, 2.45) is 5.73 Å². The summed E-state index contributed by atoms with van der Waals surface area (Å²) < 4.78 is 0.373. The van der Waals surface area contributed by atoms with Crippen molar-refractivity contribution in [3.63, 3.8) is 0 Å². The number of amides is 1. The van der Waals surface area contributed by atoms with Gasteiger partial charge in [0.2, 0.25) is 0 Å². The minimum Gasteiger partial charge on any atom is -0.366 e. The molecular formula is C6H4BrClN2O. The Hall–Kier alpha value is -0.610. The van der Waals surface area contributed by atoms with Crippen LogP contribution in [0.15, 0.2) is 16.7 Å². The maximum absolute atomic E-state index is 10.6. The quantitative estimate of drug-likeness (QED) is 0.752. The molecule has 11 heavy (non-hydrogen) atoms. The zero-order chi connectivity index (χ0) is 8.43. The molecule has 0 fully saturated rings. The van der Waals surface area contributed by atoms with Gasteiger partial charge in [-0.3, -0.25) is 4.79 Å². The molecule has 0 atom stereocenters. The molecule has 1 aromatic rings. The van der Waals surface area contributed by atoms with Gasteiger partial charge in [-0.15, -0.1) is 0 Å². The largest absolute Gasteiger partial charge is 0.366 e. The first kappa shape index (κ1) is 8.49.